The predicted octanol–water partition coefficient (Wildman–Crippen LogP) is 1.71. The number of carbonyl (C=O) groups is 1. The number of hydrazine groups is 1. The Morgan fingerprint density at radius 1 is 1.17 bits per heavy atom. The van der Waals surface area contributed by atoms with Crippen molar-refractivity contribution < 1.29 is 4.79 Å². The van der Waals surface area contributed by atoms with Crippen molar-refractivity contribution in [2.24, 2.45) is 5.84 Å². The molecule has 0 saturated carbocycles. The molecule has 1 heterocycles. The van der Waals surface area contributed by atoms with E-state index in [9.17, 15) is 9.59 Å². The molecule has 0 atom stereocenters. The van der Waals surface area contributed by atoms with Crippen LogP contribution in [-0.4, -0.2) is 15.5 Å². The minimum atomic E-state index is -0.487. The molecule has 0 spiro atoms. The lowest BCUT2D eigenvalue weighted by Gasteiger charge is -2.13. The number of rotatable bonds is 3. The molecule has 0 saturated heterocycles. The maximum atomic E-state index is 12.7. The minimum absolute atomic E-state index is 0.217. The van der Waals surface area contributed by atoms with Crippen LogP contribution in [0.1, 0.15) is 0 Å². The molecule has 3 aromatic rings. The molecule has 116 valence electrons. The Hall–Kier alpha value is -2.70. The molecule has 0 bridgehead atoms. The van der Waals surface area contributed by atoms with E-state index in [4.69, 9.17) is 17.4 Å². The fourth-order valence-corrected chi connectivity index (χ4v) is 2.45. The van der Waals surface area contributed by atoms with Crippen molar-refractivity contribution in [1.82, 2.24) is 15.0 Å². The van der Waals surface area contributed by atoms with E-state index in [1.54, 1.807) is 48.5 Å². The highest BCUT2D eigenvalue weighted by molar-refractivity contribution is 6.30. The van der Waals surface area contributed by atoms with Gasteiger partial charge in [-0.15, -0.1) is 0 Å². The second-order valence-electron chi connectivity index (χ2n) is 4.92. The van der Waals surface area contributed by atoms with Crippen molar-refractivity contribution in [2.75, 3.05) is 0 Å². The van der Waals surface area contributed by atoms with Crippen LogP contribution in [0, 0.1) is 0 Å². The van der Waals surface area contributed by atoms with Crippen molar-refractivity contribution in [3.05, 3.63) is 63.9 Å². The van der Waals surface area contributed by atoms with Gasteiger partial charge < -0.3 is 0 Å². The van der Waals surface area contributed by atoms with Gasteiger partial charge in [0.1, 0.15) is 12.4 Å². The summed E-state index contributed by atoms with van der Waals surface area (Å²) in [5, 5.41) is 1.01. The number of carbonyl (C=O) groups excluding carboxylic acids is 1. The third-order valence-corrected chi connectivity index (χ3v) is 3.68. The highest BCUT2D eigenvalue weighted by Crippen LogP contribution is 2.21. The van der Waals surface area contributed by atoms with E-state index in [0.717, 1.165) is 0 Å². The van der Waals surface area contributed by atoms with Gasteiger partial charge in [-0.3, -0.25) is 19.6 Å². The van der Waals surface area contributed by atoms with Crippen molar-refractivity contribution in [3.63, 3.8) is 0 Å². The molecule has 23 heavy (non-hydrogen) atoms. The molecule has 0 aliphatic heterocycles. The first-order chi connectivity index (χ1) is 11.1. The van der Waals surface area contributed by atoms with E-state index >= 15 is 0 Å². The van der Waals surface area contributed by atoms with Gasteiger partial charge in [-0.25, -0.2) is 10.8 Å². The van der Waals surface area contributed by atoms with Crippen LogP contribution < -0.4 is 16.8 Å². The molecular formula is C16H13ClN4O2. The first-order valence-electron chi connectivity index (χ1n) is 6.85. The van der Waals surface area contributed by atoms with Crippen LogP contribution >= 0.6 is 11.6 Å². The number of halogens is 1. The predicted molar refractivity (Wildman–Crippen MR) is 88.8 cm³/mol. The Kier molecular flexibility index (Phi) is 4.10. The first-order valence-corrected chi connectivity index (χ1v) is 7.23. The average Bonchev–Trinajstić information content (AvgIpc) is 2.58. The fourth-order valence-electron chi connectivity index (χ4n) is 2.32. The monoisotopic (exact) mass is 328 g/mol. The van der Waals surface area contributed by atoms with Crippen LogP contribution in [0.4, 0.5) is 0 Å². The average molecular weight is 329 g/mol. The lowest BCUT2D eigenvalue weighted by Crippen LogP contribution is -2.37. The van der Waals surface area contributed by atoms with E-state index in [1.807, 2.05) is 5.43 Å². The number of benzene rings is 2. The van der Waals surface area contributed by atoms with Gasteiger partial charge in [-0.2, -0.15) is 0 Å². The summed E-state index contributed by atoms with van der Waals surface area (Å²) < 4.78 is 1.30. The second-order valence-corrected chi connectivity index (χ2v) is 5.35. The summed E-state index contributed by atoms with van der Waals surface area (Å²) in [5.74, 6) is 5.04. The quantitative estimate of drug-likeness (QED) is 0.435. The van der Waals surface area contributed by atoms with E-state index in [-0.39, 0.29) is 12.1 Å². The Labute approximate surface area is 136 Å². The smallest absolute Gasteiger partial charge is 0.262 e. The van der Waals surface area contributed by atoms with Crippen LogP contribution in [0.25, 0.3) is 22.3 Å². The fraction of sp³-hybridized carbons (Fsp3) is 0.0625. The second kappa shape index (κ2) is 6.20. The molecule has 0 fully saturated rings. The molecule has 7 heteroatoms. The maximum Gasteiger partial charge on any atom is 0.262 e. The Bertz CT molecular complexity index is 935. The zero-order valence-corrected chi connectivity index (χ0v) is 12.7. The van der Waals surface area contributed by atoms with E-state index < -0.39 is 5.91 Å². The zero-order chi connectivity index (χ0) is 16.4. The molecule has 0 aliphatic carbocycles. The maximum absolute atomic E-state index is 12.7. The summed E-state index contributed by atoms with van der Waals surface area (Å²) in [6.45, 7) is -0.217. The number of fused-ring (bicyclic) bond motifs is 1. The molecular weight excluding hydrogens is 316 g/mol. The Balaban J connectivity index is 2.29. The number of hydrogen-bond donors (Lipinski definition) is 2. The lowest BCUT2D eigenvalue weighted by molar-refractivity contribution is -0.121. The Morgan fingerprint density at radius 3 is 2.57 bits per heavy atom. The van der Waals surface area contributed by atoms with E-state index in [0.29, 0.717) is 27.3 Å². The summed E-state index contributed by atoms with van der Waals surface area (Å²) in [4.78, 5) is 28.9. The lowest BCUT2D eigenvalue weighted by atomic mass is 10.1. The van der Waals surface area contributed by atoms with Gasteiger partial charge in [0.05, 0.1) is 10.9 Å². The molecule has 1 aromatic heterocycles. The molecule has 0 aliphatic rings. The van der Waals surface area contributed by atoms with Gasteiger partial charge in [-0.05, 0) is 36.4 Å². The SMILES string of the molecule is NNC(=O)Cn1c(-c2ccc(Cl)cc2)nc2ccccc2c1=O. The summed E-state index contributed by atoms with van der Waals surface area (Å²) in [6.07, 6.45) is 0. The molecule has 2 aromatic carbocycles. The van der Waals surface area contributed by atoms with Crippen LogP contribution in [0.3, 0.4) is 0 Å². The van der Waals surface area contributed by atoms with Crippen molar-refractivity contribution in [1.29, 1.82) is 0 Å². The highest BCUT2D eigenvalue weighted by Gasteiger charge is 2.14. The summed E-state index contributed by atoms with van der Waals surface area (Å²) in [6, 6.07) is 13.9. The minimum Gasteiger partial charge on any atom is -0.293 e. The first kappa shape index (κ1) is 15.2. The number of amides is 1. The van der Waals surface area contributed by atoms with Gasteiger partial charge in [0.2, 0.25) is 0 Å². The van der Waals surface area contributed by atoms with Crippen LogP contribution in [-0.2, 0) is 11.3 Å². The molecule has 0 unspecified atom stereocenters. The summed E-state index contributed by atoms with van der Waals surface area (Å²) in [7, 11) is 0. The number of aromatic nitrogens is 2. The molecule has 6 nitrogen and oxygen atoms in total. The van der Waals surface area contributed by atoms with Gasteiger partial charge >= 0.3 is 0 Å². The summed E-state index contributed by atoms with van der Waals surface area (Å²) in [5.41, 5.74) is 2.97. The van der Waals surface area contributed by atoms with Gasteiger partial charge in [0, 0.05) is 10.6 Å². The third-order valence-electron chi connectivity index (χ3n) is 3.43. The number of nitrogens with two attached hydrogens (primary N) is 1. The normalized spacial score (nSPS) is 10.7. The number of para-hydroxylation sites is 1. The molecule has 3 N–H and O–H groups in total. The molecule has 1 amide bonds. The van der Waals surface area contributed by atoms with Gasteiger partial charge in [-0.1, -0.05) is 23.7 Å². The van der Waals surface area contributed by atoms with E-state index in [2.05, 4.69) is 4.98 Å². The van der Waals surface area contributed by atoms with Gasteiger partial charge in [0.15, 0.2) is 0 Å². The number of hydrogen-bond acceptors (Lipinski definition) is 4. The molecule has 3 rings (SSSR count). The summed E-state index contributed by atoms with van der Waals surface area (Å²) >= 11 is 5.90. The van der Waals surface area contributed by atoms with Crippen molar-refractivity contribution in [3.8, 4) is 11.4 Å². The van der Waals surface area contributed by atoms with Crippen LogP contribution in [0.5, 0.6) is 0 Å². The highest BCUT2D eigenvalue weighted by atomic mass is 35.5. The van der Waals surface area contributed by atoms with E-state index in [1.165, 1.54) is 4.57 Å². The van der Waals surface area contributed by atoms with Crippen molar-refractivity contribution >= 4 is 28.4 Å². The van der Waals surface area contributed by atoms with Crippen molar-refractivity contribution in [2.45, 2.75) is 6.54 Å². The standard InChI is InChI=1S/C16H13ClN4O2/c17-11-7-5-10(6-8-11)15-19-13-4-2-1-3-12(13)16(23)21(15)9-14(22)20-18/h1-8H,9,18H2,(H,20,22). The third kappa shape index (κ3) is 2.94. The largest absolute Gasteiger partial charge is 0.293 e. The topological polar surface area (TPSA) is 90.0 Å². The zero-order valence-electron chi connectivity index (χ0n) is 12.0. The number of nitrogens with zero attached hydrogens (tertiary/aromatic N) is 2. The van der Waals surface area contributed by atoms with Gasteiger partial charge in [0.25, 0.3) is 11.5 Å². The van der Waals surface area contributed by atoms with Crippen LogP contribution in [0.15, 0.2) is 53.3 Å². The van der Waals surface area contributed by atoms with Crippen LogP contribution in [0.2, 0.25) is 5.02 Å². The molecule has 0 radical (unpaired) electrons. The Morgan fingerprint density at radius 2 is 1.87 bits per heavy atom. The number of nitrogens with one attached hydrogen (secondary N) is 1.